The second-order valence-corrected chi connectivity index (χ2v) is 5.44. The highest BCUT2D eigenvalue weighted by molar-refractivity contribution is 6.02. The van der Waals surface area contributed by atoms with E-state index in [1.165, 1.54) is 6.21 Å². The van der Waals surface area contributed by atoms with Crippen LogP contribution in [0.5, 0.6) is 11.5 Å². The highest BCUT2D eigenvalue weighted by atomic mass is 16.5. The summed E-state index contributed by atoms with van der Waals surface area (Å²) in [5, 5.41) is 24.4. The molecule has 3 aromatic carbocycles. The van der Waals surface area contributed by atoms with Gasteiger partial charge < -0.3 is 9.84 Å². The van der Waals surface area contributed by atoms with Gasteiger partial charge in [0.05, 0.1) is 17.8 Å². The Morgan fingerprint density at radius 3 is 2.69 bits per heavy atom. The fourth-order valence-corrected chi connectivity index (χ4v) is 2.40. The second kappa shape index (κ2) is 7.81. The summed E-state index contributed by atoms with van der Waals surface area (Å²) in [6.07, 6.45) is 1.40. The number of carbonyl (C=O) groups is 1. The van der Waals surface area contributed by atoms with Crippen LogP contribution >= 0.6 is 0 Å². The zero-order chi connectivity index (χ0) is 18.4. The first-order valence-electron chi connectivity index (χ1n) is 7.83. The van der Waals surface area contributed by atoms with Crippen LogP contribution in [0.25, 0.3) is 10.8 Å². The van der Waals surface area contributed by atoms with Crippen molar-refractivity contribution < 1.29 is 14.6 Å². The van der Waals surface area contributed by atoms with Gasteiger partial charge in [0.25, 0.3) is 5.91 Å². The van der Waals surface area contributed by atoms with Gasteiger partial charge >= 0.3 is 0 Å². The standard InChI is InChI=1S/C20H15N3O3/c21-11-14-5-8-16(9-6-14)26-13-20(25)23-22-12-18-17-4-2-1-3-15(17)7-10-19(18)24/h1-10,12,24H,13H2,(H,23,25)/b22-12-. The first-order chi connectivity index (χ1) is 12.7. The monoisotopic (exact) mass is 345 g/mol. The predicted octanol–water partition coefficient (Wildman–Crippen LogP) is 2.95. The highest BCUT2D eigenvalue weighted by Gasteiger charge is 2.05. The lowest BCUT2D eigenvalue weighted by atomic mass is 10.0. The summed E-state index contributed by atoms with van der Waals surface area (Å²) in [7, 11) is 0. The van der Waals surface area contributed by atoms with E-state index in [9.17, 15) is 9.90 Å². The molecule has 0 aliphatic carbocycles. The number of hydrazone groups is 1. The number of phenols is 1. The Kier molecular flexibility index (Phi) is 5.11. The molecule has 2 N–H and O–H groups in total. The number of benzene rings is 3. The third-order valence-electron chi connectivity index (χ3n) is 3.68. The predicted molar refractivity (Wildman–Crippen MR) is 98.0 cm³/mol. The van der Waals surface area contributed by atoms with E-state index in [1.54, 1.807) is 30.3 Å². The molecule has 0 fully saturated rings. The molecule has 6 nitrogen and oxygen atoms in total. The minimum atomic E-state index is -0.440. The average Bonchev–Trinajstić information content (AvgIpc) is 2.68. The van der Waals surface area contributed by atoms with Gasteiger partial charge in [0, 0.05) is 5.56 Å². The van der Waals surface area contributed by atoms with E-state index < -0.39 is 5.91 Å². The topological polar surface area (TPSA) is 94.7 Å². The van der Waals surface area contributed by atoms with Crippen molar-refractivity contribution in [1.29, 1.82) is 5.26 Å². The average molecular weight is 345 g/mol. The summed E-state index contributed by atoms with van der Waals surface area (Å²) in [6.45, 7) is -0.218. The van der Waals surface area contributed by atoms with Crippen LogP contribution in [0.3, 0.4) is 0 Å². The van der Waals surface area contributed by atoms with Crippen LogP contribution in [0.15, 0.2) is 65.8 Å². The van der Waals surface area contributed by atoms with Crippen molar-refractivity contribution in [3.05, 3.63) is 71.8 Å². The van der Waals surface area contributed by atoms with E-state index >= 15 is 0 Å². The van der Waals surface area contributed by atoms with E-state index in [1.807, 2.05) is 36.4 Å². The maximum atomic E-state index is 11.8. The van der Waals surface area contributed by atoms with E-state index in [-0.39, 0.29) is 12.4 Å². The van der Waals surface area contributed by atoms with Gasteiger partial charge in [0.1, 0.15) is 11.5 Å². The smallest absolute Gasteiger partial charge is 0.277 e. The van der Waals surface area contributed by atoms with Gasteiger partial charge in [0.15, 0.2) is 6.61 Å². The molecular formula is C20H15N3O3. The number of aromatic hydroxyl groups is 1. The number of rotatable bonds is 5. The summed E-state index contributed by atoms with van der Waals surface area (Å²) in [5.41, 5.74) is 3.40. The molecule has 6 heteroatoms. The number of hydrogen-bond acceptors (Lipinski definition) is 5. The first kappa shape index (κ1) is 17.0. The lowest BCUT2D eigenvalue weighted by Crippen LogP contribution is -2.24. The molecule has 0 atom stereocenters. The molecule has 0 spiro atoms. The van der Waals surface area contributed by atoms with E-state index in [0.717, 1.165) is 10.8 Å². The zero-order valence-electron chi connectivity index (χ0n) is 13.7. The third-order valence-corrected chi connectivity index (χ3v) is 3.68. The van der Waals surface area contributed by atoms with Gasteiger partial charge in [-0.05, 0) is 41.1 Å². The number of fused-ring (bicyclic) bond motifs is 1. The highest BCUT2D eigenvalue weighted by Crippen LogP contribution is 2.25. The minimum absolute atomic E-state index is 0.0792. The van der Waals surface area contributed by atoms with E-state index in [2.05, 4.69) is 10.5 Å². The quantitative estimate of drug-likeness (QED) is 0.549. The normalized spacial score (nSPS) is 10.6. The Labute approximate surface area is 150 Å². The summed E-state index contributed by atoms with van der Waals surface area (Å²) < 4.78 is 5.32. The van der Waals surface area contributed by atoms with Crippen LogP contribution in [-0.2, 0) is 4.79 Å². The number of ether oxygens (including phenoxy) is 1. The van der Waals surface area contributed by atoms with Crippen molar-refractivity contribution in [2.75, 3.05) is 6.61 Å². The molecule has 3 aromatic rings. The zero-order valence-corrected chi connectivity index (χ0v) is 13.7. The van der Waals surface area contributed by atoms with Gasteiger partial charge in [-0.15, -0.1) is 0 Å². The Hall–Kier alpha value is -3.85. The van der Waals surface area contributed by atoms with Crippen LogP contribution in [0.4, 0.5) is 0 Å². The molecule has 0 aliphatic heterocycles. The molecule has 26 heavy (non-hydrogen) atoms. The molecule has 0 saturated carbocycles. The molecule has 0 aliphatic rings. The number of carbonyl (C=O) groups excluding carboxylic acids is 1. The van der Waals surface area contributed by atoms with Crippen LogP contribution < -0.4 is 10.2 Å². The van der Waals surface area contributed by atoms with Gasteiger partial charge in [-0.2, -0.15) is 10.4 Å². The molecule has 128 valence electrons. The SMILES string of the molecule is N#Cc1ccc(OCC(=O)N/N=C\c2c(O)ccc3ccccc23)cc1. The number of nitriles is 1. The number of hydrogen-bond donors (Lipinski definition) is 2. The lowest BCUT2D eigenvalue weighted by molar-refractivity contribution is -0.123. The Morgan fingerprint density at radius 1 is 1.15 bits per heavy atom. The lowest BCUT2D eigenvalue weighted by Gasteiger charge is -2.06. The van der Waals surface area contributed by atoms with Crippen LogP contribution in [0.1, 0.15) is 11.1 Å². The van der Waals surface area contributed by atoms with Crippen LogP contribution in [-0.4, -0.2) is 23.8 Å². The number of phenolic OH excluding ortho intramolecular Hbond substituents is 1. The van der Waals surface area contributed by atoms with Crippen molar-refractivity contribution in [2.24, 2.45) is 5.10 Å². The van der Waals surface area contributed by atoms with Crippen molar-refractivity contribution in [2.45, 2.75) is 0 Å². The van der Waals surface area contributed by atoms with Crippen molar-refractivity contribution >= 4 is 22.9 Å². The fraction of sp³-hybridized carbons (Fsp3) is 0.0500. The molecule has 0 unspecified atom stereocenters. The van der Waals surface area contributed by atoms with E-state index in [0.29, 0.717) is 16.9 Å². The largest absolute Gasteiger partial charge is 0.507 e. The van der Waals surface area contributed by atoms with E-state index in [4.69, 9.17) is 10.00 Å². The molecule has 1 amide bonds. The maximum absolute atomic E-state index is 11.8. The summed E-state index contributed by atoms with van der Waals surface area (Å²) in [6, 6.07) is 19.4. The summed E-state index contributed by atoms with van der Waals surface area (Å²) in [4.78, 5) is 11.8. The minimum Gasteiger partial charge on any atom is -0.507 e. The Morgan fingerprint density at radius 2 is 1.92 bits per heavy atom. The molecule has 0 radical (unpaired) electrons. The molecule has 3 rings (SSSR count). The molecule has 0 heterocycles. The molecule has 0 aromatic heterocycles. The van der Waals surface area contributed by atoms with Crippen molar-refractivity contribution in [1.82, 2.24) is 5.43 Å². The summed E-state index contributed by atoms with van der Waals surface area (Å²) in [5.74, 6) is 0.121. The Balaban J connectivity index is 1.61. The van der Waals surface area contributed by atoms with Crippen LogP contribution in [0.2, 0.25) is 0 Å². The fourth-order valence-electron chi connectivity index (χ4n) is 2.40. The second-order valence-electron chi connectivity index (χ2n) is 5.44. The maximum Gasteiger partial charge on any atom is 0.277 e. The van der Waals surface area contributed by atoms with Crippen LogP contribution in [0, 0.1) is 11.3 Å². The molecule has 0 bridgehead atoms. The van der Waals surface area contributed by atoms with Gasteiger partial charge in [-0.3, -0.25) is 4.79 Å². The number of amides is 1. The van der Waals surface area contributed by atoms with Gasteiger partial charge in [0.2, 0.25) is 0 Å². The first-order valence-corrected chi connectivity index (χ1v) is 7.83. The van der Waals surface area contributed by atoms with Crippen molar-refractivity contribution in [3.8, 4) is 17.6 Å². The molecular weight excluding hydrogens is 330 g/mol. The summed E-state index contributed by atoms with van der Waals surface area (Å²) >= 11 is 0. The van der Waals surface area contributed by atoms with Gasteiger partial charge in [-0.25, -0.2) is 5.43 Å². The third kappa shape index (κ3) is 3.97. The Bertz CT molecular complexity index is 1000. The molecule has 0 saturated heterocycles. The number of nitrogens with one attached hydrogen (secondary N) is 1. The van der Waals surface area contributed by atoms with Crippen molar-refractivity contribution in [3.63, 3.8) is 0 Å². The number of nitrogens with zero attached hydrogens (tertiary/aromatic N) is 2. The van der Waals surface area contributed by atoms with Gasteiger partial charge in [-0.1, -0.05) is 30.3 Å².